The van der Waals surface area contributed by atoms with Crippen LogP contribution in [-0.4, -0.2) is 268 Å². The van der Waals surface area contributed by atoms with Crippen molar-refractivity contribution in [1.82, 2.24) is 15.1 Å². The van der Waals surface area contributed by atoms with Crippen molar-refractivity contribution < 1.29 is 18.3 Å². The van der Waals surface area contributed by atoms with Gasteiger partial charge in [0.25, 0.3) is 5.91 Å². The van der Waals surface area contributed by atoms with Crippen molar-refractivity contribution in [1.29, 1.82) is 0 Å². The first-order valence-electron chi connectivity index (χ1n) is 25.3. The number of benzene rings is 3. The maximum absolute atomic E-state index is 15.8. The fourth-order valence-corrected chi connectivity index (χ4v) is 13.8. The van der Waals surface area contributed by atoms with E-state index in [0.29, 0.717) is 16.9 Å². The number of carbonyl (C=O) groups excluding carboxylic acids is 1. The summed E-state index contributed by atoms with van der Waals surface area (Å²) in [6, 6.07) is 2.73. The van der Waals surface area contributed by atoms with Crippen LogP contribution < -0.4 is 53.8 Å². The summed E-state index contributed by atoms with van der Waals surface area (Å²) in [4.78, 5) is 21.2. The molecule has 1 atom stereocenters. The van der Waals surface area contributed by atoms with Crippen molar-refractivity contribution in [2.45, 2.75) is 67.7 Å². The Balaban J connectivity index is 1.65. The van der Waals surface area contributed by atoms with Gasteiger partial charge in [0.15, 0.2) is 5.82 Å². The maximum atomic E-state index is 15.8. The van der Waals surface area contributed by atoms with E-state index in [9.17, 15) is 0 Å². The molecule has 330 valence electrons. The summed E-state index contributed by atoms with van der Waals surface area (Å²) in [5, 5.41) is 12.5. The number of rotatable bonds is 8. The van der Waals surface area contributed by atoms with Crippen molar-refractivity contribution in [2.75, 3.05) is 15.5 Å². The highest BCUT2D eigenvalue weighted by atomic mass is 19.1. The van der Waals surface area contributed by atoms with Crippen LogP contribution in [0.2, 0.25) is 5.21 Å². The third-order valence-corrected chi connectivity index (χ3v) is 19.7. The fraction of sp³-hybridized carbons (Fsp3) is 0.394. The molecule has 0 saturated carbocycles. The SMILES string of the molecule is Bc1c(F)cc(C(B)(B)c2c(B)c(B)c3[nH]nc(NC(=O)c4c(B)c(B)c(N5C(B)(B)C(B)(B)N(C(B)(B)B)C(B)(B)C5(B)B)c(B)c4NC4C(B)(B)C(B)(B)OC(B)(B)C4(C)C)c3c2B)cc1F. The molecule has 0 aliphatic carbocycles. The van der Waals surface area contributed by atoms with Crippen LogP contribution in [0.1, 0.15) is 35.3 Å². The molecule has 0 bridgehead atoms. The molecule has 3 N–H and O–H groups in total. The number of carbonyl (C=O) groups is 1. The molecule has 6 rings (SSSR count). The lowest BCUT2D eigenvalue weighted by Crippen LogP contribution is -2.95. The number of piperazine rings is 1. The molecule has 2 aliphatic rings. The normalized spacial score (nSPS) is 22.1. The number of aromatic amines is 1. The minimum Gasteiger partial charge on any atom is -0.404 e. The average molecular weight is 896 g/mol. The molecule has 3 aromatic carbocycles. The number of fused-ring (bicyclic) bond motifs is 1. The van der Waals surface area contributed by atoms with Crippen molar-refractivity contribution in [3.8, 4) is 0 Å². The molecule has 8 nitrogen and oxygen atoms in total. The molecular weight excluding hydrogens is 832 g/mol. The molecule has 1 amide bonds. The zero-order valence-corrected chi connectivity index (χ0v) is 48.1. The van der Waals surface area contributed by atoms with Crippen molar-refractivity contribution in [3.05, 3.63) is 40.5 Å². The summed E-state index contributed by atoms with van der Waals surface area (Å²) in [6.45, 7) is 4.56. The Kier molecular flexibility index (Phi) is 13.7. The second-order valence-electron chi connectivity index (χ2n) is 26.9. The molecule has 2 fully saturated rings. The lowest BCUT2D eigenvalue weighted by molar-refractivity contribution is -0.102. The number of anilines is 3. The van der Waals surface area contributed by atoms with Crippen molar-refractivity contribution in [3.63, 3.8) is 0 Å². The molecule has 69 heavy (non-hydrogen) atoms. The third kappa shape index (κ3) is 7.98. The number of amides is 1. The maximum Gasteiger partial charge on any atom is 0.258 e. The van der Waals surface area contributed by atoms with Gasteiger partial charge in [-0.25, -0.2) is 8.78 Å². The first kappa shape index (κ1) is 56.0. The lowest BCUT2D eigenvalue weighted by atomic mass is 9.24. The number of nitrogens with one attached hydrogen (secondary N) is 3. The van der Waals surface area contributed by atoms with Gasteiger partial charge in [0, 0.05) is 28.2 Å². The number of H-pyrrole nitrogens is 1. The summed E-state index contributed by atoms with van der Waals surface area (Å²) in [5.74, 6) is -1.03. The van der Waals surface area contributed by atoms with Crippen LogP contribution in [0, 0.1) is 17.0 Å². The van der Waals surface area contributed by atoms with Crippen LogP contribution in [-0.2, 0) is 9.95 Å². The molecule has 2 saturated heterocycles. The number of ether oxygens (including phenoxy) is 1. The number of hydrogen-bond acceptors (Lipinski definition) is 6. The largest absolute Gasteiger partial charge is 0.404 e. The van der Waals surface area contributed by atoms with Crippen LogP contribution >= 0.6 is 0 Å². The van der Waals surface area contributed by atoms with E-state index in [4.69, 9.17) is 9.84 Å². The first-order valence-corrected chi connectivity index (χ1v) is 25.3. The molecule has 0 spiro atoms. The lowest BCUT2D eigenvalue weighted by Gasteiger charge is -2.78. The number of aromatic nitrogens is 2. The van der Waals surface area contributed by atoms with Crippen LogP contribution in [0.25, 0.3) is 10.9 Å². The topological polar surface area (TPSA) is 85.5 Å². The Morgan fingerprint density at radius 3 is 1.65 bits per heavy atom. The quantitative estimate of drug-likeness (QED) is 0.153. The van der Waals surface area contributed by atoms with E-state index in [1.165, 1.54) is 20.0 Å². The molecule has 2 aliphatic heterocycles. The fourth-order valence-electron chi connectivity index (χ4n) is 13.8. The van der Waals surface area contributed by atoms with Gasteiger partial charge in [-0.2, -0.15) is 5.10 Å². The second-order valence-corrected chi connectivity index (χ2v) is 26.9. The Morgan fingerprint density at radius 2 is 1.17 bits per heavy atom. The highest BCUT2D eigenvalue weighted by molar-refractivity contribution is 6.68. The summed E-state index contributed by atoms with van der Waals surface area (Å²) in [7, 11) is 57.4. The number of nitrogens with zero attached hydrogens (tertiary/aromatic N) is 3. The number of hydrogen-bond donors (Lipinski definition) is 3. The molecule has 1 unspecified atom stereocenters. The van der Waals surface area contributed by atoms with E-state index in [1.54, 1.807) is 0 Å². The minimum absolute atomic E-state index is 0.00306. The zero-order chi connectivity index (χ0) is 53.1. The summed E-state index contributed by atoms with van der Waals surface area (Å²) in [6.07, 6.45) is 0. The van der Waals surface area contributed by atoms with Gasteiger partial charge in [0.2, 0.25) is 0 Å². The standard InChI is InChI=1S/C33H64B26F2N6O2/c1-24(2)23(26(43,44)32(55,56)69-31(24,53)54)62-18-9(13(36)16(39)20(17(18)40)66-27(45,46)29(49,50)67(33(57,58)59)30(51,52)28(66,47)48)22(68)63-21-8-12(35)10(14(37)15(38)19(8)64-65-21)25(41,42)5-3-6(60)11(34)7(61)4-5/h3-4,23,62H,34-59H2,1-2H3,(H2,63,64,65,68). The molecule has 3 heterocycles. The van der Waals surface area contributed by atoms with Crippen molar-refractivity contribution in [2.24, 2.45) is 5.41 Å². The third-order valence-electron chi connectivity index (χ3n) is 19.7. The van der Waals surface area contributed by atoms with Crippen LogP contribution in [0.3, 0.4) is 0 Å². The Morgan fingerprint density at radius 1 is 0.681 bits per heavy atom. The second kappa shape index (κ2) is 16.8. The highest BCUT2D eigenvalue weighted by Gasteiger charge is 2.64. The average Bonchev–Trinajstić information content (AvgIpc) is 3.59. The molecule has 0 radical (unpaired) electrons. The monoisotopic (exact) mass is 901 g/mol. The van der Waals surface area contributed by atoms with Gasteiger partial charge in [0.1, 0.15) is 216 Å². The van der Waals surface area contributed by atoms with Gasteiger partial charge in [-0.15, -0.1) is 0 Å². The Hall–Kier alpha value is -2.33. The van der Waals surface area contributed by atoms with Crippen LogP contribution in [0.15, 0.2) is 12.1 Å². The molecule has 36 heteroatoms. The highest BCUT2D eigenvalue weighted by Crippen LogP contribution is 2.55. The molecular formula is C33H64B26F2N6O2. The summed E-state index contributed by atoms with van der Waals surface area (Å²) < 4.78 is 37.4. The molecule has 4 aromatic rings. The van der Waals surface area contributed by atoms with Gasteiger partial charge in [-0.1, -0.05) is 57.2 Å². The zero-order valence-electron chi connectivity index (χ0n) is 48.1. The Labute approximate surface area is 436 Å². The van der Waals surface area contributed by atoms with Crippen molar-refractivity contribution >= 4 is 276 Å². The van der Waals surface area contributed by atoms with Crippen LogP contribution in [0.4, 0.5) is 26.0 Å². The van der Waals surface area contributed by atoms with E-state index in [-0.39, 0.29) is 33.3 Å². The Bertz CT molecular complexity index is 2740. The van der Waals surface area contributed by atoms with E-state index in [0.717, 1.165) is 60.6 Å². The van der Waals surface area contributed by atoms with E-state index in [2.05, 4.69) is 196 Å². The van der Waals surface area contributed by atoms with Crippen LogP contribution in [0.5, 0.6) is 0 Å². The first-order chi connectivity index (χ1) is 30.8. The van der Waals surface area contributed by atoms with Gasteiger partial charge in [-0.05, 0) is 66.0 Å². The smallest absolute Gasteiger partial charge is 0.258 e. The van der Waals surface area contributed by atoms with Gasteiger partial charge < -0.3 is 25.2 Å². The van der Waals surface area contributed by atoms with E-state index in [1.807, 2.05) is 39.2 Å². The molecule has 1 aromatic heterocycles. The van der Waals surface area contributed by atoms with Gasteiger partial charge >= 0.3 is 0 Å². The summed E-state index contributed by atoms with van der Waals surface area (Å²) in [5.41, 5.74) is 10.1. The van der Waals surface area contributed by atoms with Gasteiger partial charge in [-0.3, -0.25) is 9.89 Å². The predicted octanol–water partition coefficient (Wildman–Crippen LogP) is -26.3. The van der Waals surface area contributed by atoms with E-state index >= 15 is 13.6 Å². The minimum atomic E-state index is -0.799. The predicted molar refractivity (Wildman–Crippen MR) is 366 cm³/mol. The van der Waals surface area contributed by atoms with Gasteiger partial charge in [0.05, 0.1) is 11.1 Å². The number of halogens is 2. The van der Waals surface area contributed by atoms with E-state index < -0.39 is 49.0 Å². The summed E-state index contributed by atoms with van der Waals surface area (Å²) >= 11 is 0.